The molecule has 1 unspecified atom stereocenters. The average molecular weight is 1030 g/mol. The van der Waals surface area contributed by atoms with Crippen LogP contribution >= 0.6 is 0 Å². The quantitative estimate of drug-likeness (QED) is 0.0557. The number of halogens is 2. The van der Waals surface area contributed by atoms with Gasteiger partial charge in [0.2, 0.25) is 11.7 Å². The second kappa shape index (κ2) is 39.6. The van der Waals surface area contributed by atoms with Crippen molar-refractivity contribution in [1.29, 1.82) is 0 Å². The van der Waals surface area contributed by atoms with Crippen molar-refractivity contribution in [2.45, 2.75) is 93.9 Å². The summed E-state index contributed by atoms with van der Waals surface area (Å²) < 4.78 is 43.7. The molecule has 6 heterocycles. The molecule has 0 saturated carbocycles. The summed E-state index contributed by atoms with van der Waals surface area (Å²) in [6, 6.07) is 29.2. The van der Waals surface area contributed by atoms with E-state index in [9.17, 15) is 32.8 Å². The van der Waals surface area contributed by atoms with Gasteiger partial charge in [-0.25, -0.2) is 23.5 Å². The van der Waals surface area contributed by atoms with Gasteiger partial charge in [-0.3, -0.25) is 19.2 Å². The van der Waals surface area contributed by atoms with Gasteiger partial charge in [-0.15, -0.1) is 0 Å². The molecule has 73 heavy (non-hydrogen) atoms. The number of hydrogen-bond donors (Lipinski definition) is 5. The Kier molecular flexibility index (Phi) is 37.5. The number of aromatic amines is 2. The van der Waals surface area contributed by atoms with Crippen LogP contribution in [-0.4, -0.2) is 89.3 Å². The van der Waals surface area contributed by atoms with E-state index >= 15 is 0 Å². The molecule has 4 aromatic carbocycles. The number of aromatic nitrogens is 4. The number of esters is 1. The topological polar surface area (TPSA) is 274 Å². The molecule has 17 nitrogen and oxygen atoms in total. The van der Waals surface area contributed by atoms with Crippen LogP contribution < -0.4 is 57.5 Å². The van der Waals surface area contributed by atoms with E-state index in [1.54, 1.807) is 50.2 Å². The molecule has 8 N–H and O–H groups in total. The van der Waals surface area contributed by atoms with Crippen molar-refractivity contribution >= 4 is 56.8 Å². The molecule has 10 rings (SSSR count). The normalized spacial score (nSPS) is 14.2. The number of fused-ring (bicyclic) bond motifs is 3. The molecule has 6 aromatic rings. The Bertz CT molecular complexity index is 2540. The Labute approximate surface area is 449 Å². The van der Waals surface area contributed by atoms with E-state index in [4.69, 9.17) is 25.7 Å². The minimum Gasteiger partial charge on any atom is -0.870 e. The molecular formula is C53H74F2N7NaO10. The summed E-state index contributed by atoms with van der Waals surface area (Å²) in [5, 5.41) is 2.87. The van der Waals surface area contributed by atoms with Crippen molar-refractivity contribution in [3.05, 3.63) is 135 Å². The first-order valence-corrected chi connectivity index (χ1v) is 22.8. The summed E-state index contributed by atoms with van der Waals surface area (Å²) in [5.41, 5.74) is 15.6. The van der Waals surface area contributed by atoms with Gasteiger partial charge in [0.05, 0.1) is 40.0 Å². The minimum absolute atomic E-state index is 0. The molecule has 1 atom stereocenters. The van der Waals surface area contributed by atoms with E-state index in [1.807, 2.05) is 61.5 Å². The Morgan fingerprint density at radius 1 is 0.685 bits per heavy atom. The van der Waals surface area contributed by atoms with Gasteiger partial charge in [-0.05, 0) is 107 Å². The minimum atomic E-state index is -2.84. The third-order valence-electron chi connectivity index (χ3n) is 9.89. The van der Waals surface area contributed by atoms with Gasteiger partial charge in [-0.2, -0.15) is 0 Å². The Morgan fingerprint density at radius 2 is 1.10 bits per heavy atom. The van der Waals surface area contributed by atoms with Crippen LogP contribution in [0.2, 0.25) is 0 Å². The molecule has 0 bridgehead atoms. The number of carbonyl (C=O) groups is 3. The summed E-state index contributed by atoms with van der Waals surface area (Å²) in [6.45, 7) is 12.7. The Hall–Kier alpha value is -5.93. The van der Waals surface area contributed by atoms with E-state index in [0.29, 0.717) is 28.1 Å². The number of rotatable bonds is 3. The maximum Gasteiger partial charge on any atom is 1.00 e. The second-order valence-electron chi connectivity index (χ2n) is 15.6. The number of ketones is 1. The van der Waals surface area contributed by atoms with Gasteiger partial charge in [0, 0.05) is 58.2 Å². The Balaban J connectivity index is 0. The van der Waals surface area contributed by atoms with Gasteiger partial charge in [0.25, 0.3) is 17.5 Å². The molecule has 20 heteroatoms. The van der Waals surface area contributed by atoms with Crippen molar-refractivity contribution < 1.29 is 77.1 Å². The predicted octanol–water partition coefficient (Wildman–Crippen LogP) is 6.39. The number of para-hydroxylation sites is 7. The molecule has 396 valence electrons. The molecular weight excluding hydrogens is 956 g/mol. The largest absolute Gasteiger partial charge is 1.00 e. The number of carbonyl (C=O) groups excluding carboxylic acids is 3. The van der Waals surface area contributed by atoms with E-state index < -0.39 is 29.4 Å². The zero-order chi connectivity index (χ0) is 50.4. The SMILES string of the molecule is C.C.C1CCOC1.C1CCOC1.C1CCOC1.CC1Cc2ccccc2NC1=O.CCOC(=O)C(C)=O.Cc1nc2ccccc2[nH]c1=O.Nc1ccccc1N.O=c1[nH]c2ccccc2nc1C(F)F.[Na+].[OH-]. The van der Waals surface area contributed by atoms with E-state index in [1.165, 1.54) is 51.0 Å². The third-order valence-corrected chi connectivity index (χ3v) is 9.89. The molecule has 0 aliphatic carbocycles. The number of nitrogens with zero attached hydrogens (tertiary/aromatic N) is 2. The maximum atomic E-state index is 12.3. The van der Waals surface area contributed by atoms with Crippen LogP contribution in [0.4, 0.5) is 25.8 Å². The van der Waals surface area contributed by atoms with Crippen LogP contribution in [-0.2, 0) is 39.8 Å². The van der Waals surface area contributed by atoms with Crippen molar-refractivity contribution in [3.63, 3.8) is 0 Å². The number of alkyl halides is 2. The fourth-order valence-electron chi connectivity index (χ4n) is 6.09. The number of amides is 1. The zero-order valence-electron chi connectivity index (χ0n) is 41.2. The standard InChI is InChI=1S/C10H11NO.C9H6F2N2O.C9H8N2O.C6H8N2.C5H8O3.3C4H8O.2CH4.Na.H2O/c1-7-6-8-4-2-3-5-9(8)11-10(7)12;10-8(11)7-9(14)13-6-4-2-1-3-5(6)12-7;1-6-9(12)11-8-5-3-2-4-7(8)10-6;7-5-3-1-2-4-6(5)8;1-3-8-5(7)4(2)6;3*1-2-4-5-3-1;;;;/h2-5,7H,6H2,1H3,(H,11,12);1-4,8H,(H,13,14);2-5H,1H3,(H,11,12);1-4H,7-8H2;3H2,1-2H3;3*1-4H2;2*1H4;;1H2/q;;;;;;;;;;+1;/p-1. The number of nitrogen functional groups attached to an aromatic ring is 2. The van der Waals surface area contributed by atoms with Crippen LogP contribution in [0.5, 0.6) is 0 Å². The molecule has 4 aliphatic heterocycles. The van der Waals surface area contributed by atoms with Crippen LogP contribution in [0.1, 0.15) is 97.5 Å². The van der Waals surface area contributed by atoms with Gasteiger partial charge < -0.3 is 51.2 Å². The number of hydrogen-bond acceptors (Lipinski definition) is 14. The number of benzene rings is 4. The number of anilines is 3. The zero-order valence-corrected chi connectivity index (χ0v) is 43.2. The van der Waals surface area contributed by atoms with Gasteiger partial charge >= 0.3 is 35.5 Å². The smallest absolute Gasteiger partial charge is 0.870 e. The van der Waals surface area contributed by atoms with Gasteiger partial charge in [0.1, 0.15) is 5.69 Å². The van der Waals surface area contributed by atoms with Gasteiger partial charge in [0.15, 0.2) is 5.69 Å². The summed E-state index contributed by atoms with van der Waals surface area (Å²) in [5.74, 6) is -1.06. The third kappa shape index (κ3) is 27.1. The van der Waals surface area contributed by atoms with Crippen LogP contribution in [0.3, 0.4) is 0 Å². The molecule has 2 aromatic heterocycles. The number of nitrogens with one attached hydrogen (secondary N) is 3. The first-order chi connectivity index (χ1) is 33.2. The van der Waals surface area contributed by atoms with Crippen molar-refractivity contribution in [3.8, 4) is 0 Å². The first-order valence-electron chi connectivity index (χ1n) is 22.8. The summed E-state index contributed by atoms with van der Waals surface area (Å²) >= 11 is 0. The maximum absolute atomic E-state index is 12.3. The average Bonchev–Trinajstić information content (AvgIpc) is 4.21. The summed E-state index contributed by atoms with van der Waals surface area (Å²) in [6.07, 6.45) is 5.69. The molecule has 0 spiro atoms. The number of H-pyrrole nitrogens is 2. The van der Waals surface area contributed by atoms with E-state index in [2.05, 4.69) is 36.1 Å². The first kappa shape index (κ1) is 69.1. The van der Waals surface area contributed by atoms with E-state index in [0.717, 1.165) is 62.8 Å². The monoisotopic (exact) mass is 1030 g/mol. The van der Waals surface area contributed by atoms with Crippen molar-refractivity contribution in [1.82, 2.24) is 19.9 Å². The van der Waals surface area contributed by atoms with E-state index in [-0.39, 0.29) is 73.9 Å². The molecule has 1 amide bonds. The van der Waals surface area contributed by atoms with Crippen molar-refractivity contribution in [2.75, 3.05) is 63.0 Å². The summed E-state index contributed by atoms with van der Waals surface area (Å²) in [4.78, 5) is 66.5. The van der Waals surface area contributed by atoms with Crippen LogP contribution in [0, 0.1) is 12.8 Å². The van der Waals surface area contributed by atoms with Crippen LogP contribution in [0.15, 0.2) is 107 Å². The number of aryl methyl sites for hydroxylation is 1. The molecule has 0 radical (unpaired) electrons. The second-order valence-corrected chi connectivity index (χ2v) is 15.6. The van der Waals surface area contributed by atoms with Gasteiger partial charge in [-0.1, -0.05) is 76.4 Å². The molecule has 3 saturated heterocycles. The fraction of sp³-hybridized carbons (Fsp3) is 0.415. The number of Topliss-reactive ketones (excluding diaryl/α,β-unsaturated/α-hetero) is 1. The summed E-state index contributed by atoms with van der Waals surface area (Å²) in [7, 11) is 0. The van der Waals surface area contributed by atoms with Crippen LogP contribution in [0.25, 0.3) is 22.1 Å². The molecule has 4 aliphatic rings. The fourth-order valence-corrected chi connectivity index (χ4v) is 6.09. The predicted molar refractivity (Wildman–Crippen MR) is 280 cm³/mol. The molecule has 3 fully saturated rings. The number of nitrogens with two attached hydrogens (primary N) is 2. The Morgan fingerprint density at radius 3 is 1.49 bits per heavy atom. The number of ether oxygens (including phenoxy) is 4. The van der Waals surface area contributed by atoms with Crippen molar-refractivity contribution in [2.24, 2.45) is 5.92 Å².